The number of hydrogen-bond acceptors (Lipinski definition) is 4. The summed E-state index contributed by atoms with van der Waals surface area (Å²) in [5.41, 5.74) is 0. The van der Waals surface area contributed by atoms with Gasteiger partial charge in [-0.1, -0.05) is 41.0 Å². The second-order valence-electron chi connectivity index (χ2n) is 1.80. The molecule has 3 nitrogen and oxygen atoms in total. The Hall–Kier alpha value is -0.320. The van der Waals surface area contributed by atoms with E-state index >= 15 is 0 Å². The largest absolute Gasteiger partial charge is 0.174 e. The van der Waals surface area contributed by atoms with Crippen molar-refractivity contribution in [1.82, 2.24) is 15.4 Å². The van der Waals surface area contributed by atoms with Crippen LogP contribution in [0.1, 0.15) is 0 Å². The first-order valence-corrected chi connectivity index (χ1v) is 4.78. The van der Waals surface area contributed by atoms with Crippen LogP contribution in [0.25, 0.3) is 0 Å². The predicted molar refractivity (Wildman–Crippen MR) is 50.8 cm³/mol. The van der Waals surface area contributed by atoms with E-state index in [0.717, 1.165) is 5.75 Å². The van der Waals surface area contributed by atoms with Crippen molar-refractivity contribution in [2.45, 2.75) is 5.03 Å². The molecule has 0 aliphatic carbocycles. The number of aromatic nitrogens is 3. The molecule has 1 heterocycles. The van der Waals surface area contributed by atoms with Gasteiger partial charge >= 0.3 is 0 Å². The number of nitrogens with zero attached hydrogens (tertiary/aromatic N) is 3. The maximum absolute atomic E-state index is 5.78. The van der Waals surface area contributed by atoms with E-state index in [-0.39, 0.29) is 5.15 Å². The van der Waals surface area contributed by atoms with Gasteiger partial charge in [-0.3, -0.25) is 0 Å². The zero-order valence-electron chi connectivity index (χ0n) is 6.00. The fourth-order valence-corrected chi connectivity index (χ4v) is 1.52. The normalized spacial score (nSPS) is 9.83. The minimum absolute atomic E-state index is 0.179. The summed E-state index contributed by atoms with van der Waals surface area (Å²) in [6, 6.07) is 0. The van der Waals surface area contributed by atoms with Crippen LogP contribution in [0.3, 0.4) is 0 Å². The predicted octanol–water partition coefficient (Wildman–Crippen LogP) is 2.46. The molecule has 0 amide bonds. The van der Waals surface area contributed by atoms with Crippen LogP contribution >= 0.6 is 35.0 Å². The Morgan fingerprint density at radius 3 is 2.83 bits per heavy atom. The Bertz CT molecular complexity index is 292. The molecule has 0 saturated carbocycles. The highest BCUT2D eigenvalue weighted by molar-refractivity contribution is 7.99. The summed E-state index contributed by atoms with van der Waals surface area (Å²) >= 11 is 12.8. The Morgan fingerprint density at radius 2 is 2.17 bits per heavy atom. The maximum atomic E-state index is 5.78. The fraction of sp³-hybridized carbons (Fsp3) is 0.167. The molecule has 0 bridgehead atoms. The van der Waals surface area contributed by atoms with Gasteiger partial charge in [-0.25, -0.2) is 0 Å². The van der Waals surface area contributed by atoms with Gasteiger partial charge in [0.2, 0.25) is 0 Å². The molecule has 0 N–H and O–H groups in total. The molecular formula is C6H5Cl2N3S. The molecule has 1 aromatic heterocycles. The first kappa shape index (κ1) is 9.77. The lowest BCUT2D eigenvalue weighted by Gasteiger charge is -1.98. The van der Waals surface area contributed by atoms with Gasteiger partial charge in [0.15, 0.2) is 5.15 Å². The van der Waals surface area contributed by atoms with E-state index < -0.39 is 0 Å². The molecule has 12 heavy (non-hydrogen) atoms. The highest BCUT2D eigenvalue weighted by atomic mass is 35.5. The van der Waals surface area contributed by atoms with E-state index in [9.17, 15) is 0 Å². The number of hydrogen-bond donors (Lipinski definition) is 0. The number of thioether (sulfide) groups is 1. The molecule has 0 aliphatic rings. The van der Waals surface area contributed by atoms with Crippen LogP contribution in [0, 0.1) is 0 Å². The van der Waals surface area contributed by atoms with Gasteiger partial charge in [-0.05, 0) is 5.21 Å². The van der Waals surface area contributed by atoms with Gasteiger partial charge in [-0.15, -0.1) is 16.8 Å². The number of rotatable bonds is 3. The summed E-state index contributed by atoms with van der Waals surface area (Å²) in [5.74, 6) is 0.717. The Balaban J connectivity index is 2.84. The fourth-order valence-electron chi connectivity index (χ4n) is 0.508. The highest BCUT2D eigenvalue weighted by Gasteiger charge is 2.07. The van der Waals surface area contributed by atoms with E-state index in [2.05, 4.69) is 22.0 Å². The van der Waals surface area contributed by atoms with Gasteiger partial charge < -0.3 is 0 Å². The molecule has 0 fully saturated rings. The highest BCUT2D eigenvalue weighted by Crippen LogP contribution is 2.28. The van der Waals surface area contributed by atoms with Crippen LogP contribution in [0.4, 0.5) is 0 Å². The average molecular weight is 222 g/mol. The zero-order valence-corrected chi connectivity index (χ0v) is 8.33. The lowest BCUT2D eigenvalue weighted by Crippen LogP contribution is -1.91. The van der Waals surface area contributed by atoms with Gasteiger partial charge in [0.1, 0.15) is 10.0 Å². The molecule has 0 unspecified atom stereocenters. The monoisotopic (exact) mass is 221 g/mol. The third-order valence-corrected chi connectivity index (χ3v) is 2.77. The summed E-state index contributed by atoms with van der Waals surface area (Å²) < 4.78 is 0. The van der Waals surface area contributed by atoms with E-state index in [1.165, 1.54) is 11.8 Å². The third kappa shape index (κ3) is 2.33. The molecule has 0 spiro atoms. The van der Waals surface area contributed by atoms with Crippen molar-refractivity contribution in [3.8, 4) is 0 Å². The van der Waals surface area contributed by atoms with Crippen molar-refractivity contribution < 1.29 is 0 Å². The molecule has 64 valence electrons. The topological polar surface area (TPSA) is 38.7 Å². The van der Waals surface area contributed by atoms with Crippen LogP contribution < -0.4 is 0 Å². The SMILES string of the molecule is C=CCSc1nnnc(Cl)c1Cl. The molecule has 0 radical (unpaired) electrons. The second-order valence-corrected chi connectivity index (χ2v) is 3.54. The van der Waals surface area contributed by atoms with Crippen molar-refractivity contribution in [3.05, 3.63) is 22.8 Å². The van der Waals surface area contributed by atoms with E-state index in [0.29, 0.717) is 10.0 Å². The Morgan fingerprint density at radius 1 is 1.42 bits per heavy atom. The molecule has 0 aliphatic heterocycles. The van der Waals surface area contributed by atoms with Crippen LogP contribution in [0.5, 0.6) is 0 Å². The lowest BCUT2D eigenvalue weighted by molar-refractivity contribution is 0.805. The third-order valence-electron chi connectivity index (χ3n) is 0.975. The summed E-state index contributed by atoms with van der Waals surface area (Å²) in [6.07, 6.45) is 1.75. The van der Waals surface area contributed by atoms with E-state index in [1.54, 1.807) is 6.08 Å². The van der Waals surface area contributed by atoms with E-state index in [1.807, 2.05) is 0 Å². The smallest absolute Gasteiger partial charge is 0.122 e. The molecule has 0 atom stereocenters. The Labute approximate surface area is 84.2 Å². The van der Waals surface area contributed by atoms with Gasteiger partial charge in [0.05, 0.1) is 0 Å². The Kier molecular flexibility index (Phi) is 3.78. The summed E-state index contributed by atoms with van der Waals surface area (Å²) in [6.45, 7) is 3.57. The van der Waals surface area contributed by atoms with Gasteiger partial charge in [0.25, 0.3) is 0 Å². The molecule has 1 aromatic rings. The molecule has 1 rings (SSSR count). The van der Waals surface area contributed by atoms with Crippen molar-refractivity contribution in [1.29, 1.82) is 0 Å². The molecular weight excluding hydrogens is 217 g/mol. The summed E-state index contributed by atoms with van der Waals surface area (Å²) in [4.78, 5) is 0. The second kappa shape index (κ2) is 4.64. The summed E-state index contributed by atoms with van der Waals surface area (Å²) in [7, 11) is 0. The minimum Gasteiger partial charge on any atom is -0.122 e. The zero-order chi connectivity index (χ0) is 8.97. The summed E-state index contributed by atoms with van der Waals surface area (Å²) in [5, 5.41) is 11.7. The molecule has 0 aromatic carbocycles. The van der Waals surface area contributed by atoms with Crippen molar-refractivity contribution in [2.75, 3.05) is 5.75 Å². The first-order chi connectivity index (χ1) is 5.75. The van der Waals surface area contributed by atoms with Crippen LogP contribution in [-0.2, 0) is 0 Å². The van der Waals surface area contributed by atoms with Crippen molar-refractivity contribution in [2.24, 2.45) is 0 Å². The first-order valence-electron chi connectivity index (χ1n) is 3.03. The van der Waals surface area contributed by atoms with Crippen molar-refractivity contribution in [3.63, 3.8) is 0 Å². The number of halogens is 2. The quantitative estimate of drug-likeness (QED) is 0.581. The van der Waals surface area contributed by atoms with Crippen LogP contribution in [0.2, 0.25) is 10.2 Å². The van der Waals surface area contributed by atoms with Crippen LogP contribution in [0.15, 0.2) is 17.7 Å². The maximum Gasteiger partial charge on any atom is 0.174 e. The lowest BCUT2D eigenvalue weighted by atomic mass is 10.7. The minimum atomic E-state index is 0.179. The molecule has 6 heteroatoms. The van der Waals surface area contributed by atoms with E-state index in [4.69, 9.17) is 23.2 Å². The molecule has 0 saturated heterocycles. The standard InChI is InChI=1S/C6H5Cl2N3S/c1-2-3-12-6-4(7)5(8)9-11-10-6/h2H,1,3H2. The van der Waals surface area contributed by atoms with Gasteiger partial charge in [0, 0.05) is 5.75 Å². The van der Waals surface area contributed by atoms with Crippen molar-refractivity contribution >= 4 is 35.0 Å². The van der Waals surface area contributed by atoms with Gasteiger partial charge in [-0.2, -0.15) is 0 Å². The average Bonchev–Trinajstić information content (AvgIpc) is 2.08. The van der Waals surface area contributed by atoms with Crippen LogP contribution in [-0.4, -0.2) is 21.2 Å².